The van der Waals surface area contributed by atoms with E-state index in [1.54, 1.807) is 0 Å². The normalized spacial score (nSPS) is 16.6. The summed E-state index contributed by atoms with van der Waals surface area (Å²) in [5, 5.41) is 12.5. The first-order valence-electron chi connectivity index (χ1n) is 6.65. The average molecular weight is 243 g/mol. The Kier molecular flexibility index (Phi) is 4.22. The molecule has 1 heterocycles. The molecular weight excluding hydrogens is 222 g/mol. The lowest BCUT2D eigenvalue weighted by molar-refractivity contribution is 0.393. The minimum atomic E-state index is 0.779. The lowest BCUT2D eigenvalue weighted by Crippen LogP contribution is -2.37. The van der Waals surface area contributed by atoms with Crippen LogP contribution < -0.4 is 10.2 Å². The predicted molar refractivity (Wildman–Crippen MR) is 74.8 cm³/mol. The van der Waals surface area contributed by atoms with Crippen LogP contribution in [-0.4, -0.2) is 26.7 Å². The van der Waals surface area contributed by atoms with Gasteiger partial charge in [0.15, 0.2) is 0 Å². The summed E-state index contributed by atoms with van der Waals surface area (Å²) >= 11 is 0. The van der Waals surface area contributed by atoms with Gasteiger partial charge in [0.25, 0.3) is 0 Å². The van der Waals surface area contributed by atoms with E-state index in [-0.39, 0.29) is 0 Å². The Balaban J connectivity index is 2.13. The first-order chi connectivity index (χ1) is 8.76. The van der Waals surface area contributed by atoms with E-state index in [1.165, 1.54) is 18.4 Å². The molecule has 0 atom stereocenters. The maximum absolute atomic E-state index is 9.22. The van der Waals surface area contributed by atoms with Gasteiger partial charge in [-0.1, -0.05) is 12.1 Å². The number of hydrogen-bond donors (Lipinski definition) is 1. The molecule has 1 aliphatic heterocycles. The fourth-order valence-electron chi connectivity index (χ4n) is 2.82. The quantitative estimate of drug-likeness (QED) is 0.885. The van der Waals surface area contributed by atoms with Crippen molar-refractivity contribution in [3.63, 3.8) is 0 Å². The van der Waals surface area contributed by atoms with Crippen LogP contribution in [0.25, 0.3) is 0 Å². The van der Waals surface area contributed by atoms with Crippen molar-refractivity contribution < 1.29 is 0 Å². The van der Waals surface area contributed by atoms with E-state index in [0.717, 1.165) is 36.8 Å². The number of nitrogens with one attached hydrogen (secondary N) is 1. The minimum Gasteiger partial charge on any atom is -0.370 e. The van der Waals surface area contributed by atoms with Gasteiger partial charge in [0.05, 0.1) is 11.3 Å². The Morgan fingerprint density at radius 1 is 1.39 bits per heavy atom. The van der Waals surface area contributed by atoms with Gasteiger partial charge in [-0.25, -0.2) is 0 Å². The summed E-state index contributed by atoms with van der Waals surface area (Å²) in [5.74, 6) is 0.779. The number of nitriles is 1. The number of benzene rings is 1. The highest BCUT2D eigenvalue weighted by atomic mass is 15.1. The number of piperidine rings is 1. The molecule has 1 saturated heterocycles. The molecule has 1 aromatic carbocycles. The molecule has 0 bridgehead atoms. The van der Waals surface area contributed by atoms with Crippen LogP contribution in [0, 0.1) is 24.2 Å². The molecule has 1 fully saturated rings. The van der Waals surface area contributed by atoms with Gasteiger partial charge >= 0.3 is 0 Å². The monoisotopic (exact) mass is 243 g/mol. The largest absolute Gasteiger partial charge is 0.370 e. The molecule has 2 rings (SSSR count). The number of aryl methyl sites for hydroxylation is 1. The molecule has 1 N–H and O–H groups in total. The van der Waals surface area contributed by atoms with E-state index in [2.05, 4.69) is 29.3 Å². The Bertz CT molecular complexity index is 440. The van der Waals surface area contributed by atoms with Gasteiger partial charge in [-0.15, -0.1) is 0 Å². The zero-order valence-electron chi connectivity index (χ0n) is 11.2. The molecule has 0 radical (unpaired) electrons. The third-order valence-corrected chi connectivity index (χ3v) is 3.78. The lowest BCUT2D eigenvalue weighted by atomic mass is 9.95. The van der Waals surface area contributed by atoms with Crippen molar-refractivity contribution in [2.75, 3.05) is 31.6 Å². The molecule has 0 spiro atoms. The smallest absolute Gasteiger partial charge is 0.101 e. The third kappa shape index (κ3) is 2.65. The second kappa shape index (κ2) is 5.88. The molecule has 0 aromatic heterocycles. The highest BCUT2D eigenvalue weighted by Gasteiger charge is 2.21. The van der Waals surface area contributed by atoms with E-state index in [0.29, 0.717) is 0 Å². The van der Waals surface area contributed by atoms with Gasteiger partial charge in [-0.05, 0) is 50.9 Å². The van der Waals surface area contributed by atoms with E-state index in [1.807, 2.05) is 19.2 Å². The van der Waals surface area contributed by atoms with Gasteiger partial charge in [0, 0.05) is 13.1 Å². The Hall–Kier alpha value is -1.53. The second-order valence-electron chi connectivity index (χ2n) is 5.07. The third-order valence-electron chi connectivity index (χ3n) is 3.78. The zero-order valence-corrected chi connectivity index (χ0v) is 11.2. The van der Waals surface area contributed by atoms with Gasteiger partial charge in [-0.3, -0.25) is 0 Å². The molecule has 1 aromatic rings. The van der Waals surface area contributed by atoms with Crippen LogP contribution >= 0.6 is 0 Å². The Morgan fingerprint density at radius 3 is 2.72 bits per heavy atom. The van der Waals surface area contributed by atoms with Crippen molar-refractivity contribution in [2.24, 2.45) is 5.92 Å². The maximum Gasteiger partial charge on any atom is 0.101 e. The van der Waals surface area contributed by atoms with E-state index < -0.39 is 0 Å². The Morgan fingerprint density at radius 2 is 2.11 bits per heavy atom. The minimum absolute atomic E-state index is 0.779. The number of nitrogens with zero attached hydrogens (tertiary/aromatic N) is 2. The summed E-state index contributed by atoms with van der Waals surface area (Å²) in [5.41, 5.74) is 3.16. The standard InChI is InChI=1S/C15H21N3/c1-12-4-3-5-14(10-16)15(12)18-8-6-13(7-9-18)11-17-2/h3-5,13,17H,6-9,11H2,1-2H3. The first kappa shape index (κ1) is 12.9. The highest BCUT2D eigenvalue weighted by Crippen LogP contribution is 2.28. The van der Waals surface area contributed by atoms with Crippen molar-refractivity contribution in [3.8, 4) is 6.07 Å². The molecule has 0 unspecified atom stereocenters. The van der Waals surface area contributed by atoms with Crippen LogP contribution in [-0.2, 0) is 0 Å². The van der Waals surface area contributed by atoms with Crippen LogP contribution in [0.15, 0.2) is 18.2 Å². The topological polar surface area (TPSA) is 39.1 Å². The molecule has 18 heavy (non-hydrogen) atoms. The SMILES string of the molecule is CNCC1CCN(c2c(C)cccc2C#N)CC1. The molecular formula is C15H21N3. The summed E-state index contributed by atoms with van der Waals surface area (Å²) in [6, 6.07) is 8.29. The summed E-state index contributed by atoms with van der Waals surface area (Å²) < 4.78 is 0. The average Bonchev–Trinajstić information content (AvgIpc) is 2.40. The number of hydrogen-bond acceptors (Lipinski definition) is 3. The maximum atomic E-state index is 9.22. The van der Waals surface area contributed by atoms with Crippen molar-refractivity contribution in [1.82, 2.24) is 5.32 Å². The van der Waals surface area contributed by atoms with E-state index >= 15 is 0 Å². The number of para-hydroxylation sites is 1. The van der Waals surface area contributed by atoms with Gasteiger partial charge < -0.3 is 10.2 Å². The molecule has 96 valence electrons. The van der Waals surface area contributed by atoms with Gasteiger partial charge in [0.1, 0.15) is 6.07 Å². The predicted octanol–water partition coefficient (Wildman–Crippen LogP) is 2.30. The summed E-state index contributed by atoms with van der Waals surface area (Å²) in [6.07, 6.45) is 2.42. The number of rotatable bonds is 3. The highest BCUT2D eigenvalue weighted by molar-refractivity contribution is 5.64. The number of anilines is 1. The lowest BCUT2D eigenvalue weighted by Gasteiger charge is -2.35. The summed E-state index contributed by atoms with van der Waals surface area (Å²) in [4.78, 5) is 2.38. The summed E-state index contributed by atoms with van der Waals surface area (Å²) in [7, 11) is 2.02. The van der Waals surface area contributed by atoms with Gasteiger partial charge in [0.2, 0.25) is 0 Å². The second-order valence-corrected chi connectivity index (χ2v) is 5.07. The van der Waals surface area contributed by atoms with Crippen molar-refractivity contribution in [3.05, 3.63) is 29.3 Å². The van der Waals surface area contributed by atoms with Crippen LogP contribution in [0.3, 0.4) is 0 Å². The van der Waals surface area contributed by atoms with E-state index in [4.69, 9.17) is 0 Å². The van der Waals surface area contributed by atoms with Crippen LogP contribution in [0.1, 0.15) is 24.0 Å². The summed E-state index contributed by atoms with van der Waals surface area (Å²) in [6.45, 7) is 5.32. The first-order valence-corrected chi connectivity index (χ1v) is 6.65. The van der Waals surface area contributed by atoms with Crippen LogP contribution in [0.2, 0.25) is 0 Å². The van der Waals surface area contributed by atoms with Crippen molar-refractivity contribution in [1.29, 1.82) is 5.26 Å². The molecule has 0 saturated carbocycles. The molecule has 0 amide bonds. The van der Waals surface area contributed by atoms with Gasteiger partial charge in [-0.2, -0.15) is 5.26 Å². The molecule has 0 aliphatic carbocycles. The van der Waals surface area contributed by atoms with Crippen LogP contribution in [0.4, 0.5) is 5.69 Å². The van der Waals surface area contributed by atoms with Crippen molar-refractivity contribution >= 4 is 5.69 Å². The van der Waals surface area contributed by atoms with Crippen LogP contribution in [0.5, 0.6) is 0 Å². The molecule has 3 nitrogen and oxygen atoms in total. The Labute approximate surface area is 109 Å². The van der Waals surface area contributed by atoms with E-state index in [9.17, 15) is 5.26 Å². The fourth-order valence-corrected chi connectivity index (χ4v) is 2.82. The fraction of sp³-hybridized carbons (Fsp3) is 0.533. The van der Waals surface area contributed by atoms with Crippen molar-refractivity contribution in [2.45, 2.75) is 19.8 Å². The molecule has 3 heteroatoms. The zero-order chi connectivity index (χ0) is 13.0. The molecule has 1 aliphatic rings.